The normalized spacial score (nSPS) is 25.5. The van der Waals surface area contributed by atoms with Gasteiger partial charge in [0.15, 0.2) is 0 Å². The highest BCUT2D eigenvalue weighted by molar-refractivity contribution is 5.18. The average Bonchev–Trinajstić information content (AvgIpc) is 2.33. The summed E-state index contributed by atoms with van der Waals surface area (Å²) in [5.41, 5.74) is 1.84. The van der Waals surface area contributed by atoms with E-state index in [0.717, 1.165) is 0 Å². The van der Waals surface area contributed by atoms with E-state index >= 15 is 0 Å². The molecule has 2 rings (SSSR count). The highest BCUT2D eigenvalue weighted by Crippen LogP contribution is 2.36. The van der Waals surface area contributed by atoms with Crippen molar-refractivity contribution in [3.63, 3.8) is 0 Å². The smallest absolute Gasteiger partial charge is 0.0294 e. The van der Waals surface area contributed by atoms with E-state index < -0.39 is 0 Å². The summed E-state index contributed by atoms with van der Waals surface area (Å²) in [7, 11) is 0. The van der Waals surface area contributed by atoms with E-state index in [9.17, 15) is 0 Å². The molecule has 94 valence electrons. The van der Waals surface area contributed by atoms with Gasteiger partial charge in [0.2, 0.25) is 0 Å². The van der Waals surface area contributed by atoms with E-state index in [-0.39, 0.29) is 0 Å². The van der Waals surface area contributed by atoms with Crippen molar-refractivity contribution < 1.29 is 0 Å². The molecule has 1 saturated carbocycles. The third kappa shape index (κ3) is 3.10. The Hall–Kier alpha value is -0.820. The van der Waals surface area contributed by atoms with Crippen LogP contribution in [0, 0.1) is 5.41 Å². The summed E-state index contributed by atoms with van der Waals surface area (Å²) in [6, 6.07) is 11.9. The van der Waals surface area contributed by atoms with Gasteiger partial charge < -0.3 is 5.32 Å². The molecule has 1 aromatic carbocycles. The molecule has 1 fully saturated rings. The maximum absolute atomic E-state index is 3.83. The first-order valence-electron chi connectivity index (χ1n) is 6.90. The zero-order valence-electron chi connectivity index (χ0n) is 11.4. The molecule has 1 aliphatic carbocycles. The standard InChI is InChI=1S/C16H25N/c1-13(14-9-5-4-6-10-14)17-15-11-7-8-12-16(15,2)3/h4-6,9-10,13,15,17H,7-8,11-12H2,1-3H3/t13-,15-/m1/s1. The molecule has 1 aliphatic rings. The van der Waals surface area contributed by atoms with Crippen LogP contribution in [0.4, 0.5) is 0 Å². The van der Waals surface area contributed by atoms with Crippen LogP contribution in [-0.2, 0) is 0 Å². The Labute approximate surface area is 106 Å². The van der Waals surface area contributed by atoms with Gasteiger partial charge in [0.1, 0.15) is 0 Å². The Bertz CT molecular complexity index is 342. The van der Waals surface area contributed by atoms with Crippen molar-refractivity contribution in [1.29, 1.82) is 0 Å². The first kappa shape index (κ1) is 12.6. The van der Waals surface area contributed by atoms with Crippen LogP contribution in [0.2, 0.25) is 0 Å². The minimum Gasteiger partial charge on any atom is -0.307 e. The van der Waals surface area contributed by atoms with E-state index in [0.29, 0.717) is 17.5 Å². The summed E-state index contributed by atoms with van der Waals surface area (Å²) in [5, 5.41) is 3.83. The Morgan fingerprint density at radius 1 is 1.18 bits per heavy atom. The molecule has 0 saturated heterocycles. The van der Waals surface area contributed by atoms with Crippen LogP contribution in [0.15, 0.2) is 30.3 Å². The lowest BCUT2D eigenvalue weighted by Crippen LogP contribution is -2.45. The zero-order valence-corrected chi connectivity index (χ0v) is 11.4. The summed E-state index contributed by atoms with van der Waals surface area (Å²) in [6.07, 6.45) is 5.45. The molecule has 0 radical (unpaired) electrons. The molecule has 0 heterocycles. The maximum atomic E-state index is 3.83. The Morgan fingerprint density at radius 2 is 1.88 bits per heavy atom. The van der Waals surface area contributed by atoms with E-state index in [1.165, 1.54) is 31.2 Å². The molecule has 0 aliphatic heterocycles. The predicted molar refractivity (Wildman–Crippen MR) is 74.0 cm³/mol. The molecule has 1 heteroatoms. The minimum absolute atomic E-state index is 0.446. The van der Waals surface area contributed by atoms with Crippen LogP contribution in [0.25, 0.3) is 0 Å². The molecule has 1 N–H and O–H groups in total. The SMILES string of the molecule is C[C@@H](N[C@@H]1CCCCC1(C)C)c1ccccc1. The second kappa shape index (κ2) is 5.22. The summed E-state index contributed by atoms with van der Waals surface area (Å²) in [6.45, 7) is 7.09. The second-order valence-electron chi connectivity index (χ2n) is 6.09. The van der Waals surface area contributed by atoms with Gasteiger partial charge in [-0.05, 0) is 30.7 Å². The fourth-order valence-corrected chi connectivity index (χ4v) is 2.94. The third-order valence-corrected chi connectivity index (χ3v) is 4.26. The molecular weight excluding hydrogens is 206 g/mol. The molecule has 2 atom stereocenters. The fraction of sp³-hybridized carbons (Fsp3) is 0.625. The van der Waals surface area contributed by atoms with Crippen molar-refractivity contribution >= 4 is 0 Å². The maximum Gasteiger partial charge on any atom is 0.0294 e. The molecule has 0 bridgehead atoms. The molecule has 1 nitrogen and oxygen atoms in total. The summed E-state index contributed by atoms with van der Waals surface area (Å²) < 4.78 is 0. The van der Waals surface area contributed by atoms with Gasteiger partial charge >= 0.3 is 0 Å². The Morgan fingerprint density at radius 3 is 2.53 bits per heavy atom. The molecular formula is C16H25N. The van der Waals surface area contributed by atoms with Gasteiger partial charge in [0.05, 0.1) is 0 Å². The van der Waals surface area contributed by atoms with Gasteiger partial charge in [0.25, 0.3) is 0 Å². The highest BCUT2D eigenvalue weighted by Gasteiger charge is 2.32. The molecule has 0 unspecified atom stereocenters. The Kier molecular flexibility index (Phi) is 3.88. The topological polar surface area (TPSA) is 12.0 Å². The van der Waals surface area contributed by atoms with Crippen molar-refractivity contribution in [2.45, 2.75) is 58.5 Å². The molecule has 0 spiro atoms. The van der Waals surface area contributed by atoms with Crippen molar-refractivity contribution in [3.05, 3.63) is 35.9 Å². The van der Waals surface area contributed by atoms with Gasteiger partial charge in [-0.25, -0.2) is 0 Å². The van der Waals surface area contributed by atoms with E-state index in [4.69, 9.17) is 0 Å². The van der Waals surface area contributed by atoms with Gasteiger partial charge in [0, 0.05) is 12.1 Å². The number of nitrogens with one attached hydrogen (secondary N) is 1. The minimum atomic E-state index is 0.446. The van der Waals surface area contributed by atoms with Gasteiger partial charge in [-0.2, -0.15) is 0 Å². The number of rotatable bonds is 3. The first-order valence-corrected chi connectivity index (χ1v) is 6.90. The number of hydrogen-bond donors (Lipinski definition) is 1. The van der Waals surface area contributed by atoms with Crippen molar-refractivity contribution in [2.24, 2.45) is 5.41 Å². The van der Waals surface area contributed by atoms with Crippen molar-refractivity contribution in [1.82, 2.24) is 5.32 Å². The van der Waals surface area contributed by atoms with E-state index in [1.807, 2.05) is 0 Å². The average molecular weight is 231 g/mol. The molecule has 0 amide bonds. The van der Waals surface area contributed by atoms with Gasteiger partial charge in [-0.1, -0.05) is 57.0 Å². The lowest BCUT2D eigenvalue weighted by atomic mass is 9.73. The summed E-state index contributed by atoms with van der Waals surface area (Å²) >= 11 is 0. The number of benzene rings is 1. The van der Waals surface area contributed by atoms with Crippen molar-refractivity contribution in [2.75, 3.05) is 0 Å². The van der Waals surface area contributed by atoms with Gasteiger partial charge in [-0.3, -0.25) is 0 Å². The van der Waals surface area contributed by atoms with Crippen LogP contribution < -0.4 is 5.32 Å². The number of hydrogen-bond acceptors (Lipinski definition) is 1. The summed E-state index contributed by atoms with van der Waals surface area (Å²) in [5.74, 6) is 0. The molecule has 17 heavy (non-hydrogen) atoms. The fourth-order valence-electron chi connectivity index (χ4n) is 2.94. The van der Waals surface area contributed by atoms with E-state index in [2.05, 4.69) is 56.4 Å². The van der Waals surface area contributed by atoms with Crippen LogP contribution in [0.3, 0.4) is 0 Å². The second-order valence-corrected chi connectivity index (χ2v) is 6.09. The lowest BCUT2D eigenvalue weighted by Gasteiger charge is -2.40. The summed E-state index contributed by atoms with van der Waals surface area (Å²) in [4.78, 5) is 0. The van der Waals surface area contributed by atoms with Crippen LogP contribution in [0.5, 0.6) is 0 Å². The first-order chi connectivity index (χ1) is 8.09. The van der Waals surface area contributed by atoms with Crippen LogP contribution >= 0.6 is 0 Å². The van der Waals surface area contributed by atoms with Crippen LogP contribution in [-0.4, -0.2) is 6.04 Å². The quantitative estimate of drug-likeness (QED) is 0.817. The monoisotopic (exact) mass is 231 g/mol. The third-order valence-electron chi connectivity index (χ3n) is 4.26. The molecule has 0 aromatic heterocycles. The van der Waals surface area contributed by atoms with Crippen molar-refractivity contribution in [3.8, 4) is 0 Å². The molecule has 1 aromatic rings. The highest BCUT2D eigenvalue weighted by atomic mass is 15.0. The Balaban J connectivity index is 2.00. The van der Waals surface area contributed by atoms with E-state index in [1.54, 1.807) is 0 Å². The largest absolute Gasteiger partial charge is 0.307 e. The van der Waals surface area contributed by atoms with Gasteiger partial charge in [-0.15, -0.1) is 0 Å². The van der Waals surface area contributed by atoms with Crippen LogP contribution in [0.1, 0.15) is 58.1 Å². The lowest BCUT2D eigenvalue weighted by molar-refractivity contribution is 0.157. The zero-order chi connectivity index (χ0) is 12.3. The predicted octanol–water partition coefficient (Wildman–Crippen LogP) is 4.31.